The fourth-order valence-corrected chi connectivity index (χ4v) is 5.14. The molecular formula is C29H32Cl2N2O2S. The van der Waals surface area contributed by atoms with Crippen LogP contribution >= 0.6 is 35.0 Å². The number of nitrogens with one attached hydrogen (secondary N) is 1. The number of amides is 2. The van der Waals surface area contributed by atoms with Crippen LogP contribution in [0.25, 0.3) is 0 Å². The maximum atomic E-state index is 13.7. The minimum absolute atomic E-state index is 0.00244. The van der Waals surface area contributed by atoms with E-state index in [4.69, 9.17) is 23.2 Å². The van der Waals surface area contributed by atoms with Gasteiger partial charge in [-0.25, -0.2) is 0 Å². The molecular weight excluding hydrogens is 511 g/mol. The Hall–Kier alpha value is -2.47. The molecule has 0 aromatic heterocycles. The molecule has 0 bridgehead atoms. The Morgan fingerprint density at radius 3 is 2.08 bits per heavy atom. The predicted octanol–water partition coefficient (Wildman–Crippen LogP) is 6.78. The molecule has 0 aliphatic carbocycles. The zero-order chi connectivity index (χ0) is 25.9. The number of carbonyl (C=O) groups is 2. The maximum Gasteiger partial charge on any atom is 0.243 e. The number of rotatable bonds is 12. The molecule has 0 fully saturated rings. The molecule has 2 amide bonds. The van der Waals surface area contributed by atoms with Gasteiger partial charge in [0.15, 0.2) is 0 Å². The van der Waals surface area contributed by atoms with Crippen LogP contribution in [0.15, 0.2) is 78.9 Å². The summed E-state index contributed by atoms with van der Waals surface area (Å²) >= 11 is 14.2. The van der Waals surface area contributed by atoms with Gasteiger partial charge in [-0.15, -0.1) is 11.8 Å². The van der Waals surface area contributed by atoms with Crippen LogP contribution in [-0.4, -0.2) is 34.6 Å². The van der Waals surface area contributed by atoms with Crippen LogP contribution in [0.5, 0.6) is 0 Å². The van der Waals surface area contributed by atoms with Crippen molar-refractivity contribution in [2.24, 2.45) is 0 Å². The highest BCUT2D eigenvalue weighted by atomic mass is 35.5. The van der Waals surface area contributed by atoms with E-state index in [1.54, 1.807) is 11.0 Å². The van der Waals surface area contributed by atoms with Crippen LogP contribution in [0.1, 0.15) is 37.0 Å². The Labute approximate surface area is 228 Å². The lowest BCUT2D eigenvalue weighted by Gasteiger charge is -2.32. The van der Waals surface area contributed by atoms with Gasteiger partial charge in [-0.05, 0) is 42.2 Å². The first-order valence-corrected chi connectivity index (χ1v) is 14.0. The van der Waals surface area contributed by atoms with E-state index >= 15 is 0 Å². The zero-order valence-electron chi connectivity index (χ0n) is 20.6. The Morgan fingerprint density at radius 2 is 1.47 bits per heavy atom. The molecule has 7 heteroatoms. The van der Waals surface area contributed by atoms with E-state index < -0.39 is 6.04 Å². The topological polar surface area (TPSA) is 49.4 Å². The summed E-state index contributed by atoms with van der Waals surface area (Å²) in [6.07, 6.45) is 1.21. The molecule has 0 spiro atoms. The van der Waals surface area contributed by atoms with Crippen LogP contribution in [-0.2, 0) is 28.3 Å². The molecule has 0 aliphatic heterocycles. The van der Waals surface area contributed by atoms with Gasteiger partial charge in [0.1, 0.15) is 6.04 Å². The summed E-state index contributed by atoms with van der Waals surface area (Å²) in [5.41, 5.74) is 2.77. The maximum absolute atomic E-state index is 13.7. The number of nitrogens with zero attached hydrogens (tertiary/aromatic N) is 1. The summed E-state index contributed by atoms with van der Waals surface area (Å²) in [6, 6.07) is 24.2. The van der Waals surface area contributed by atoms with Crippen LogP contribution in [0.4, 0.5) is 0 Å². The van der Waals surface area contributed by atoms with E-state index in [-0.39, 0.29) is 30.2 Å². The predicted molar refractivity (Wildman–Crippen MR) is 151 cm³/mol. The first-order chi connectivity index (χ1) is 17.4. The Balaban J connectivity index is 1.87. The Bertz CT molecular complexity index is 1140. The zero-order valence-corrected chi connectivity index (χ0v) is 23.0. The summed E-state index contributed by atoms with van der Waals surface area (Å²) < 4.78 is 0. The van der Waals surface area contributed by atoms with Crippen molar-refractivity contribution in [3.05, 3.63) is 106 Å². The van der Waals surface area contributed by atoms with Gasteiger partial charge in [0.25, 0.3) is 0 Å². The SMILES string of the molecule is CC[C@H](C)NC(=O)[C@H](Cc1ccccc1)N(Cc1ccccc1Cl)C(=O)CSCc1ccccc1Cl. The van der Waals surface area contributed by atoms with Gasteiger partial charge in [0, 0.05) is 34.8 Å². The molecule has 0 saturated heterocycles. The molecule has 0 unspecified atom stereocenters. The fourth-order valence-electron chi connectivity index (χ4n) is 3.75. The Morgan fingerprint density at radius 1 is 0.889 bits per heavy atom. The lowest BCUT2D eigenvalue weighted by Crippen LogP contribution is -2.52. The number of hydrogen-bond acceptors (Lipinski definition) is 3. The van der Waals surface area contributed by atoms with Crippen molar-refractivity contribution in [3.63, 3.8) is 0 Å². The molecule has 1 N–H and O–H groups in total. The lowest BCUT2D eigenvalue weighted by atomic mass is 10.0. The highest BCUT2D eigenvalue weighted by molar-refractivity contribution is 7.99. The van der Waals surface area contributed by atoms with Gasteiger partial charge < -0.3 is 10.2 Å². The third-order valence-electron chi connectivity index (χ3n) is 6.01. The van der Waals surface area contributed by atoms with Crippen LogP contribution in [0, 0.1) is 0 Å². The summed E-state index contributed by atoms with van der Waals surface area (Å²) in [5, 5.41) is 4.34. The number of hydrogen-bond donors (Lipinski definition) is 1. The molecule has 0 radical (unpaired) electrons. The molecule has 190 valence electrons. The molecule has 36 heavy (non-hydrogen) atoms. The summed E-state index contributed by atoms with van der Waals surface area (Å²) in [6.45, 7) is 4.24. The summed E-state index contributed by atoms with van der Waals surface area (Å²) in [5.74, 6) is 0.544. The number of thioether (sulfide) groups is 1. The molecule has 0 heterocycles. The van der Waals surface area contributed by atoms with E-state index in [0.29, 0.717) is 22.2 Å². The van der Waals surface area contributed by atoms with E-state index in [9.17, 15) is 9.59 Å². The van der Waals surface area contributed by atoms with Crippen molar-refractivity contribution >= 4 is 46.8 Å². The first-order valence-electron chi connectivity index (χ1n) is 12.1. The molecule has 2 atom stereocenters. The van der Waals surface area contributed by atoms with E-state index in [0.717, 1.165) is 23.1 Å². The number of benzene rings is 3. The van der Waals surface area contributed by atoms with Crippen molar-refractivity contribution in [2.45, 2.75) is 51.1 Å². The van der Waals surface area contributed by atoms with Crippen molar-refractivity contribution in [3.8, 4) is 0 Å². The van der Waals surface area contributed by atoms with Gasteiger partial charge in [-0.3, -0.25) is 9.59 Å². The van der Waals surface area contributed by atoms with Gasteiger partial charge in [0.2, 0.25) is 11.8 Å². The highest BCUT2D eigenvalue weighted by Crippen LogP contribution is 2.24. The van der Waals surface area contributed by atoms with E-state index in [1.165, 1.54) is 11.8 Å². The van der Waals surface area contributed by atoms with Crippen LogP contribution in [0.2, 0.25) is 10.0 Å². The largest absolute Gasteiger partial charge is 0.352 e. The molecule has 3 aromatic rings. The van der Waals surface area contributed by atoms with Crippen molar-refractivity contribution in [2.75, 3.05) is 5.75 Å². The van der Waals surface area contributed by atoms with Crippen molar-refractivity contribution in [1.82, 2.24) is 10.2 Å². The third-order valence-corrected chi connectivity index (χ3v) is 7.72. The first kappa shape index (κ1) is 28.1. The number of halogens is 2. The molecule has 4 nitrogen and oxygen atoms in total. The van der Waals surface area contributed by atoms with Crippen LogP contribution in [0.3, 0.4) is 0 Å². The second-order valence-electron chi connectivity index (χ2n) is 8.72. The van der Waals surface area contributed by atoms with Crippen molar-refractivity contribution in [1.29, 1.82) is 0 Å². The third kappa shape index (κ3) is 8.29. The molecule has 0 saturated carbocycles. The second kappa shape index (κ2) is 14.3. The highest BCUT2D eigenvalue weighted by Gasteiger charge is 2.31. The van der Waals surface area contributed by atoms with Crippen molar-refractivity contribution < 1.29 is 9.59 Å². The summed E-state index contributed by atoms with van der Waals surface area (Å²) in [4.78, 5) is 28.9. The van der Waals surface area contributed by atoms with Crippen LogP contribution < -0.4 is 5.32 Å². The number of carbonyl (C=O) groups excluding carboxylic acids is 2. The average molecular weight is 544 g/mol. The standard InChI is InChI=1S/C29H32Cl2N2O2S/c1-3-21(2)32-29(35)27(17-22-11-5-4-6-12-22)33(18-23-13-7-9-15-25(23)30)28(34)20-36-19-24-14-8-10-16-26(24)31/h4-16,21,27H,3,17-20H2,1-2H3,(H,32,35)/t21-,27-/m0/s1. The van der Waals surface area contributed by atoms with Gasteiger partial charge in [-0.2, -0.15) is 0 Å². The second-order valence-corrected chi connectivity index (χ2v) is 10.5. The normalized spacial score (nSPS) is 12.6. The van der Waals surface area contributed by atoms with E-state index in [1.807, 2.05) is 86.6 Å². The van der Waals surface area contributed by atoms with Gasteiger partial charge in [-0.1, -0.05) is 96.9 Å². The van der Waals surface area contributed by atoms with Gasteiger partial charge >= 0.3 is 0 Å². The molecule has 3 aromatic carbocycles. The monoisotopic (exact) mass is 542 g/mol. The van der Waals surface area contributed by atoms with Gasteiger partial charge in [0.05, 0.1) is 5.75 Å². The Kier molecular flexibility index (Phi) is 11.2. The minimum Gasteiger partial charge on any atom is -0.352 e. The average Bonchev–Trinajstić information content (AvgIpc) is 2.88. The minimum atomic E-state index is -0.675. The summed E-state index contributed by atoms with van der Waals surface area (Å²) in [7, 11) is 0. The lowest BCUT2D eigenvalue weighted by molar-refractivity contribution is -0.139. The van der Waals surface area contributed by atoms with E-state index in [2.05, 4.69) is 5.32 Å². The molecule has 3 rings (SSSR count). The fraction of sp³-hybridized carbons (Fsp3) is 0.310. The molecule has 0 aliphatic rings. The quantitative estimate of drug-likeness (QED) is 0.274. The smallest absolute Gasteiger partial charge is 0.243 e.